The highest BCUT2D eigenvalue weighted by molar-refractivity contribution is 5.93. The number of likely N-dealkylation sites (tertiary alicyclic amines) is 1. The van der Waals surface area contributed by atoms with Gasteiger partial charge in [0.25, 0.3) is 5.91 Å². The van der Waals surface area contributed by atoms with E-state index in [-0.39, 0.29) is 24.2 Å². The summed E-state index contributed by atoms with van der Waals surface area (Å²) in [7, 11) is 0. The molecule has 0 aromatic carbocycles. The van der Waals surface area contributed by atoms with Crippen LogP contribution in [0.15, 0.2) is 42.6 Å². The fourth-order valence-corrected chi connectivity index (χ4v) is 3.63. The van der Waals surface area contributed by atoms with Crippen molar-refractivity contribution < 1.29 is 14.3 Å². The predicted octanol–water partition coefficient (Wildman–Crippen LogP) is 2.24. The zero-order valence-electron chi connectivity index (χ0n) is 14.2. The zero-order valence-corrected chi connectivity index (χ0v) is 14.2. The molecule has 2 aliphatic rings. The minimum absolute atomic E-state index is 0.0253. The Morgan fingerprint density at radius 1 is 1.28 bits per heavy atom. The number of carbonyl (C=O) groups is 1. The Labute approximate surface area is 146 Å². The van der Waals surface area contributed by atoms with Crippen molar-refractivity contribution in [3.63, 3.8) is 0 Å². The SMILES string of the molecule is Cc1cccc(C(=O)N2C[C@H](Oc3ccccn3)[C@H]3OCCC[C@H]32)n1. The molecule has 1 amide bonds. The number of ether oxygens (including phenoxy) is 2. The molecule has 0 radical (unpaired) electrons. The maximum atomic E-state index is 13.0. The summed E-state index contributed by atoms with van der Waals surface area (Å²) in [6.07, 6.45) is 3.23. The number of aromatic nitrogens is 2. The van der Waals surface area contributed by atoms with Crippen molar-refractivity contribution in [2.24, 2.45) is 0 Å². The number of fused-ring (bicyclic) bond motifs is 1. The molecule has 2 aromatic rings. The summed E-state index contributed by atoms with van der Waals surface area (Å²) in [5.41, 5.74) is 1.31. The van der Waals surface area contributed by atoms with Gasteiger partial charge in [-0.25, -0.2) is 9.97 Å². The van der Waals surface area contributed by atoms with Gasteiger partial charge in [0, 0.05) is 24.6 Å². The van der Waals surface area contributed by atoms with E-state index in [4.69, 9.17) is 9.47 Å². The third kappa shape index (κ3) is 3.22. The molecule has 3 atom stereocenters. The van der Waals surface area contributed by atoms with Gasteiger partial charge in [0.2, 0.25) is 5.88 Å². The Hall–Kier alpha value is -2.47. The van der Waals surface area contributed by atoms with Gasteiger partial charge in [-0.05, 0) is 38.0 Å². The van der Waals surface area contributed by atoms with Crippen LogP contribution in [0.25, 0.3) is 0 Å². The fraction of sp³-hybridized carbons (Fsp3) is 0.421. The molecule has 0 aliphatic carbocycles. The van der Waals surface area contributed by atoms with Crippen LogP contribution in [0.2, 0.25) is 0 Å². The second kappa shape index (κ2) is 6.80. The van der Waals surface area contributed by atoms with Gasteiger partial charge >= 0.3 is 0 Å². The normalized spacial score (nSPS) is 25.5. The van der Waals surface area contributed by atoms with Gasteiger partial charge in [-0.3, -0.25) is 4.79 Å². The van der Waals surface area contributed by atoms with Crippen molar-refractivity contribution in [3.8, 4) is 5.88 Å². The van der Waals surface area contributed by atoms with Crippen molar-refractivity contribution in [2.45, 2.75) is 38.0 Å². The molecule has 130 valence electrons. The van der Waals surface area contributed by atoms with E-state index in [0.717, 1.165) is 18.5 Å². The summed E-state index contributed by atoms with van der Waals surface area (Å²) in [6.45, 7) is 3.08. The Kier molecular flexibility index (Phi) is 4.36. The summed E-state index contributed by atoms with van der Waals surface area (Å²) < 4.78 is 12.0. The number of carbonyl (C=O) groups excluding carboxylic acids is 1. The summed E-state index contributed by atoms with van der Waals surface area (Å²) in [4.78, 5) is 23.5. The van der Waals surface area contributed by atoms with Gasteiger partial charge in [-0.1, -0.05) is 12.1 Å². The minimum Gasteiger partial charge on any atom is -0.470 e. The lowest BCUT2D eigenvalue weighted by molar-refractivity contribution is -0.0455. The number of hydrogen-bond acceptors (Lipinski definition) is 5. The predicted molar refractivity (Wildman–Crippen MR) is 91.4 cm³/mol. The van der Waals surface area contributed by atoms with E-state index < -0.39 is 0 Å². The van der Waals surface area contributed by atoms with Crippen LogP contribution in [0, 0.1) is 6.92 Å². The number of aryl methyl sites for hydroxylation is 1. The standard InChI is InChI=1S/C19H21N3O3/c1-13-6-4-7-14(21-13)19(23)22-12-16(18-15(22)8-5-11-24-18)25-17-9-2-3-10-20-17/h2-4,6-7,9-10,15-16,18H,5,8,11-12H2,1H3/t15-,16+,18+/m1/s1. The molecule has 2 aliphatic heterocycles. The second-order valence-electron chi connectivity index (χ2n) is 6.49. The van der Waals surface area contributed by atoms with Crippen LogP contribution < -0.4 is 4.74 Å². The van der Waals surface area contributed by atoms with E-state index in [2.05, 4.69) is 9.97 Å². The molecule has 4 heterocycles. The molecular weight excluding hydrogens is 318 g/mol. The maximum Gasteiger partial charge on any atom is 0.272 e. The summed E-state index contributed by atoms with van der Waals surface area (Å²) >= 11 is 0. The van der Waals surface area contributed by atoms with Crippen LogP contribution in [0.1, 0.15) is 29.0 Å². The minimum atomic E-state index is -0.214. The summed E-state index contributed by atoms with van der Waals surface area (Å²) in [6, 6.07) is 11.1. The highest BCUT2D eigenvalue weighted by Gasteiger charge is 2.47. The smallest absolute Gasteiger partial charge is 0.272 e. The average Bonchev–Trinajstić information content (AvgIpc) is 3.01. The summed E-state index contributed by atoms with van der Waals surface area (Å²) in [5.74, 6) is 0.500. The molecular formula is C19H21N3O3. The van der Waals surface area contributed by atoms with Crippen LogP contribution >= 0.6 is 0 Å². The molecule has 0 unspecified atom stereocenters. The van der Waals surface area contributed by atoms with Crippen molar-refractivity contribution in [3.05, 3.63) is 54.0 Å². The number of pyridine rings is 2. The molecule has 6 nitrogen and oxygen atoms in total. The zero-order chi connectivity index (χ0) is 17.2. The lowest BCUT2D eigenvalue weighted by atomic mass is 10.0. The Balaban J connectivity index is 1.57. The fourth-order valence-electron chi connectivity index (χ4n) is 3.63. The first-order chi connectivity index (χ1) is 12.2. The molecule has 2 fully saturated rings. The van der Waals surface area contributed by atoms with E-state index in [1.165, 1.54) is 0 Å². The first-order valence-electron chi connectivity index (χ1n) is 8.66. The highest BCUT2D eigenvalue weighted by Crippen LogP contribution is 2.32. The van der Waals surface area contributed by atoms with Crippen molar-refractivity contribution >= 4 is 5.91 Å². The Morgan fingerprint density at radius 2 is 2.20 bits per heavy atom. The Bertz CT molecular complexity index is 753. The van der Waals surface area contributed by atoms with Crippen molar-refractivity contribution in [2.75, 3.05) is 13.2 Å². The number of nitrogens with zero attached hydrogens (tertiary/aromatic N) is 3. The molecule has 0 N–H and O–H groups in total. The lowest BCUT2D eigenvalue weighted by Gasteiger charge is -2.31. The summed E-state index contributed by atoms with van der Waals surface area (Å²) in [5, 5.41) is 0. The van der Waals surface area contributed by atoms with Gasteiger partial charge in [0.15, 0.2) is 0 Å². The van der Waals surface area contributed by atoms with Crippen LogP contribution in [-0.2, 0) is 4.74 Å². The number of hydrogen-bond donors (Lipinski definition) is 0. The number of rotatable bonds is 3. The van der Waals surface area contributed by atoms with Gasteiger partial charge in [-0.2, -0.15) is 0 Å². The van der Waals surface area contributed by atoms with Gasteiger partial charge < -0.3 is 14.4 Å². The number of amides is 1. The van der Waals surface area contributed by atoms with Crippen LogP contribution in [0.4, 0.5) is 0 Å². The lowest BCUT2D eigenvalue weighted by Crippen LogP contribution is -2.44. The van der Waals surface area contributed by atoms with Crippen LogP contribution in [0.5, 0.6) is 5.88 Å². The van der Waals surface area contributed by atoms with E-state index >= 15 is 0 Å². The third-order valence-corrected chi connectivity index (χ3v) is 4.76. The third-order valence-electron chi connectivity index (χ3n) is 4.76. The Morgan fingerprint density at radius 3 is 3.00 bits per heavy atom. The quantitative estimate of drug-likeness (QED) is 0.858. The monoisotopic (exact) mass is 339 g/mol. The van der Waals surface area contributed by atoms with Gasteiger partial charge in [0.05, 0.1) is 12.6 Å². The van der Waals surface area contributed by atoms with E-state index in [1.54, 1.807) is 12.3 Å². The molecule has 6 heteroatoms. The highest BCUT2D eigenvalue weighted by atomic mass is 16.5. The first kappa shape index (κ1) is 16.0. The van der Waals surface area contributed by atoms with E-state index in [9.17, 15) is 4.79 Å². The van der Waals surface area contributed by atoms with Crippen molar-refractivity contribution in [1.82, 2.24) is 14.9 Å². The second-order valence-corrected chi connectivity index (χ2v) is 6.49. The van der Waals surface area contributed by atoms with E-state index in [0.29, 0.717) is 24.7 Å². The molecule has 2 aromatic heterocycles. The van der Waals surface area contributed by atoms with E-state index in [1.807, 2.05) is 42.2 Å². The van der Waals surface area contributed by atoms with Crippen LogP contribution in [0.3, 0.4) is 0 Å². The molecule has 0 bridgehead atoms. The van der Waals surface area contributed by atoms with Gasteiger partial charge in [-0.15, -0.1) is 0 Å². The largest absolute Gasteiger partial charge is 0.470 e. The molecule has 4 rings (SSSR count). The van der Waals surface area contributed by atoms with Crippen molar-refractivity contribution in [1.29, 1.82) is 0 Å². The molecule has 2 saturated heterocycles. The topological polar surface area (TPSA) is 64.6 Å². The average molecular weight is 339 g/mol. The van der Waals surface area contributed by atoms with Crippen LogP contribution in [-0.4, -0.2) is 52.2 Å². The molecule has 25 heavy (non-hydrogen) atoms. The molecule has 0 spiro atoms. The molecule has 0 saturated carbocycles. The first-order valence-corrected chi connectivity index (χ1v) is 8.66. The van der Waals surface area contributed by atoms with Gasteiger partial charge in [0.1, 0.15) is 17.9 Å². The maximum absolute atomic E-state index is 13.0.